The van der Waals surface area contributed by atoms with Gasteiger partial charge in [0, 0.05) is 18.2 Å². The normalized spacial score (nSPS) is 12.5. The third kappa shape index (κ3) is 5.01. The standard InChI is InChI=1S/C25H18F2N2O6/c1-14(30)28-17-7-9-18(10-8-17)29-22(31)19-11-6-15(12-20(19)23(29)32)24(33)34-13-16-4-2-3-5-21(16)35-25(26)27/h2-12,25H,13H2,1H3,(H,28,30). The molecule has 0 saturated heterocycles. The van der Waals surface area contributed by atoms with Crippen LogP contribution in [-0.2, 0) is 16.1 Å². The maximum Gasteiger partial charge on any atom is 0.387 e. The molecule has 0 aliphatic carbocycles. The van der Waals surface area contributed by atoms with E-state index >= 15 is 0 Å². The largest absolute Gasteiger partial charge is 0.457 e. The molecule has 178 valence electrons. The first kappa shape index (κ1) is 23.6. The first-order chi connectivity index (χ1) is 16.7. The Morgan fingerprint density at radius 2 is 1.63 bits per heavy atom. The summed E-state index contributed by atoms with van der Waals surface area (Å²) in [6, 6.07) is 16.0. The summed E-state index contributed by atoms with van der Waals surface area (Å²) in [5, 5.41) is 2.59. The van der Waals surface area contributed by atoms with E-state index in [9.17, 15) is 28.0 Å². The molecule has 1 aliphatic rings. The third-order valence-corrected chi connectivity index (χ3v) is 5.12. The van der Waals surface area contributed by atoms with E-state index in [1.807, 2.05) is 0 Å². The fourth-order valence-corrected chi connectivity index (χ4v) is 3.56. The van der Waals surface area contributed by atoms with Crippen LogP contribution in [0, 0.1) is 0 Å². The van der Waals surface area contributed by atoms with Crippen molar-refractivity contribution in [2.24, 2.45) is 0 Å². The molecule has 0 bridgehead atoms. The number of ether oxygens (including phenoxy) is 2. The highest BCUT2D eigenvalue weighted by Crippen LogP contribution is 2.30. The summed E-state index contributed by atoms with van der Waals surface area (Å²) in [5.74, 6) is -2.37. The molecular weight excluding hydrogens is 462 g/mol. The van der Waals surface area contributed by atoms with Gasteiger partial charge in [-0.1, -0.05) is 18.2 Å². The molecule has 3 amide bonds. The van der Waals surface area contributed by atoms with E-state index in [0.717, 1.165) is 4.90 Å². The van der Waals surface area contributed by atoms with Crippen molar-refractivity contribution in [3.8, 4) is 5.75 Å². The van der Waals surface area contributed by atoms with Crippen molar-refractivity contribution in [2.75, 3.05) is 10.2 Å². The minimum Gasteiger partial charge on any atom is -0.457 e. The minimum atomic E-state index is -3.03. The first-order valence-corrected chi connectivity index (χ1v) is 10.3. The number of nitrogens with one attached hydrogen (secondary N) is 1. The Morgan fingerprint density at radius 1 is 0.943 bits per heavy atom. The second kappa shape index (κ2) is 9.72. The fourth-order valence-electron chi connectivity index (χ4n) is 3.56. The van der Waals surface area contributed by atoms with Gasteiger partial charge in [0.2, 0.25) is 5.91 Å². The number of esters is 1. The summed E-state index contributed by atoms with van der Waals surface area (Å²) in [5.41, 5.74) is 1.20. The molecule has 10 heteroatoms. The first-order valence-electron chi connectivity index (χ1n) is 10.3. The molecule has 0 spiro atoms. The van der Waals surface area contributed by atoms with E-state index in [2.05, 4.69) is 10.1 Å². The van der Waals surface area contributed by atoms with E-state index in [0.29, 0.717) is 11.4 Å². The van der Waals surface area contributed by atoms with Crippen LogP contribution in [0.25, 0.3) is 0 Å². The van der Waals surface area contributed by atoms with Crippen LogP contribution in [0.3, 0.4) is 0 Å². The number of benzene rings is 3. The highest BCUT2D eigenvalue weighted by atomic mass is 19.3. The highest BCUT2D eigenvalue weighted by Gasteiger charge is 2.37. The Bertz CT molecular complexity index is 1320. The van der Waals surface area contributed by atoms with Crippen molar-refractivity contribution < 1.29 is 37.4 Å². The van der Waals surface area contributed by atoms with Crippen LogP contribution >= 0.6 is 0 Å². The number of fused-ring (bicyclic) bond motifs is 1. The van der Waals surface area contributed by atoms with E-state index in [1.54, 1.807) is 18.2 Å². The van der Waals surface area contributed by atoms with Crippen LogP contribution in [0.2, 0.25) is 0 Å². The number of nitrogens with zero attached hydrogens (tertiary/aromatic N) is 1. The topological polar surface area (TPSA) is 102 Å². The Hall–Kier alpha value is -4.60. The number of halogens is 2. The summed E-state index contributed by atoms with van der Waals surface area (Å²) >= 11 is 0. The molecule has 3 aromatic rings. The van der Waals surface area contributed by atoms with Crippen LogP contribution < -0.4 is 15.0 Å². The number of alkyl halides is 2. The van der Waals surface area contributed by atoms with E-state index in [1.165, 1.54) is 55.5 Å². The van der Waals surface area contributed by atoms with Gasteiger partial charge in [0.05, 0.1) is 22.4 Å². The Balaban J connectivity index is 1.50. The van der Waals surface area contributed by atoms with Gasteiger partial charge in [0.1, 0.15) is 12.4 Å². The molecule has 0 saturated carbocycles. The molecule has 0 unspecified atom stereocenters. The number of hydrogen-bond donors (Lipinski definition) is 1. The van der Waals surface area contributed by atoms with Crippen molar-refractivity contribution in [1.82, 2.24) is 0 Å². The van der Waals surface area contributed by atoms with Crippen LogP contribution in [-0.4, -0.2) is 30.3 Å². The summed E-state index contributed by atoms with van der Waals surface area (Å²) in [6.45, 7) is -2.01. The van der Waals surface area contributed by atoms with Gasteiger partial charge in [-0.3, -0.25) is 14.4 Å². The molecule has 1 N–H and O–H groups in total. The highest BCUT2D eigenvalue weighted by molar-refractivity contribution is 6.34. The molecule has 0 aromatic heterocycles. The van der Waals surface area contributed by atoms with E-state index in [4.69, 9.17) is 4.74 Å². The number of anilines is 2. The number of carbonyl (C=O) groups excluding carboxylic acids is 4. The predicted octanol–water partition coefficient (Wildman–Crippen LogP) is 4.40. The van der Waals surface area contributed by atoms with Gasteiger partial charge in [0.25, 0.3) is 11.8 Å². The second-order valence-corrected chi connectivity index (χ2v) is 7.50. The number of imide groups is 1. The number of amides is 3. The number of rotatable bonds is 7. The zero-order valence-electron chi connectivity index (χ0n) is 18.3. The van der Waals surface area contributed by atoms with Crippen molar-refractivity contribution in [2.45, 2.75) is 20.1 Å². The monoisotopic (exact) mass is 480 g/mol. The number of carbonyl (C=O) groups is 4. The maximum atomic E-state index is 13.0. The molecule has 0 radical (unpaired) electrons. The molecule has 0 fully saturated rings. The lowest BCUT2D eigenvalue weighted by Gasteiger charge is -2.14. The van der Waals surface area contributed by atoms with Crippen LogP contribution in [0.4, 0.5) is 20.2 Å². The molecule has 3 aromatic carbocycles. The van der Waals surface area contributed by atoms with Gasteiger partial charge in [-0.15, -0.1) is 0 Å². The average molecular weight is 480 g/mol. The van der Waals surface area contributed by atoms with Gasteiger partial charge >= 0.3 is 12.6 Å². The predicted molar refractivity (Wildman–Crippen MR) is 121 cm³/mol. The second-order valence-electron chi connectivity index (χ2n) is 7.50. The maximum absolute atomic E-state index is 13.0. The Labute approximate surface area is 198 Å². The summed E-state index contributed by atoms with van der Waals surface area (Å²) < 4.78 is 34.8. The minimum absolute atomic E-state index is 0.0139. The van der Waals surface area contributed by atoms with Crippen molar-refractivity contribution in [3.05, 3.63) is 89.0 Å². The number of para-hydroxylation sites is 1. The lowest BCUT2D eigenvalue weighted by atomic mass is 10.1. The Morgan fingerprint density at radius 3 is 2.31 bits per heavy atom. The molecule has 1 aliphatic heterocycles. The Kier molecular flexibility index (Phi) is 6.54. The molecule has 1 heterocycles. The molecule has 4 rings (SSSR count). The zero-order valence-corrected chi connectivity index (χ0v) is 18.3. The van der Waals surface area contributed by atoms with Gasteiger partial charge in [-0.25, -0.2) is 9.69 Å². The van der Waals surface area contributed by atoms with Crippen molar-refractivity contribution in [1.29, 1.82) is 0 Å². The van der Waals surface area contributed by atoms with Crippen molar-refractivity contribution in [3.63, 3.8) is 0 Å². The molecule has 8 nitrogen and oxygen atoms in total. The fraction of sp³-hybridized carbons (Fsp3) is 0.120. The van der Waals surface area contributed by atoms with Crippen LogP contribution in [0.1, 0.15) is 43.6 Å². The summed E-state index contributed by atoms with van der Waals surface area (Å²) in [4.78, 5) is 50.5. The molecule has 0 atom stereocenters. The smallest absolute Gasteiger partial charge is 0.387 e. The lowest BCUT2D eigenvalue weighted by molar-refractivity contribution is -0.114. The van der Waals surface area contributed by atoms with E-state index in [-0.39, 0.29) is 40.5 Å². The van der Waals surface area contributed by atoms with Gasteiger partial charge < -0.3 is 14.8 Å². The summed E-state index contributed by atoms with van der Waals surface area (Å²) in [6.07, 6.45) is 0. The quantitative estimate of drug-likeness (QED) is 0.397. The molecular formula is C25H18F2N2O6. The molecule has 35 heavy (non-hydrogen) atoms. The van der Waals surface area contributed by atoms with Crippen LogP contribution in [0.5, 0.6) is 5.75 Å². The zero-order chi connectivity index (χ0) is 25.1. The number of hydrogen-bond acceptors (Lipinski definition) is 6. The van der Waals surface area contributed by atoms with E-state index < -0.39 is 24.4 Å². The SMILES string of the molecule is CC(=O)Nc1ccc(N2C(=O)c3ccc(C(=O)OCc4ccccc4OC(F)F)cc3C2=O)cc1. The average Bonchev–Trinajstić information content (AvgIpc) is 3.07. The van der Waals surface area contributed by atoms with Gasteiger partial charge in [0.15, 0.2) is 0 Å². The van der Waals surface area contributed by atoms with Crippen LogP contribution in [0.15, 0.2) is 66.7 Å². The third-order valence-electron chi connectivity index (χ3n) is 5.12. The van der Waals surface area contributed by atoms with Crippen molar-refractivity contribution >= 4 is 35.1 Å². The summed E-state index contributed by atoms with van der Waals surface area (Å²) in [7, 11) is 0. The lowest BCUT2D eigenvalue weighted by Crippen LogP contribution is -2.29. The van der Waals surface area contributed by atoms with Gasteiger partial charge in [-0.05, 0) is 48.5 Å². The van der Waals surface area contributed by atoms with Gasteiger partial charge in [-0.2, -0.15) is 8.78 Å².